The first-order valence-electron chi connectivity index (χ1n) is 20.9. The lowest BCUT2D eigenvalue weighted by atomic mass is 9.51. The molecule has 7 aromatic rings. The zero-order valence-corrected chi connectivity index (χ0v) is 31.7. The highest BCUT2D eigenvalue weighted by Crippen LogP contribution is 2.68. The quantitative estimate of drug-likeness (QED) is 0.176. The second-order valence-corrected chi connectivity index (χ2v) is 19.1. The topological polar surface area (TPSA) is 3.24 Å². The molecule has 7 aliphatic carbocycles. The first kappa shape index (κ1) is 30.6. The number of hydrogen-bond acceptors (Lipinski definition) is 2. The van der Waals surface area contributed by atoms with Crippen molar-refractivity contribution in [2.75, 3.05) is 4.90 Å². The zero-order valence-electron chi connectivity index (χ0n) is 30.9. The van der Waals surface area contributed by atoms with Gasteiger partial charge in [-0.3, -0.25) is 0 Å². The van der Waals surface area contributed by atoms with Gasteiger partial charge in [0.2, 0.25) is 0 Å². The van der Waals surface area contributed by atoms with Crippen LogP contribution in [0.4, 0.5) is 17.1 Å². The van der Waals surface area contributed by atoms with Crippen LogP contribution in [0.1, 0.15) is 86.5 Å². The van der Waals surface area contributed by atoms with Crippen molar-refractivity contribution in [3.8, 4) is 22.3 Å². The molecule has 1 heterocycles. The van der Waals surface area contributed by atoms with E-state index in [0.717, 1.165) is 23.7 Å². The molecule has 5 unspecified atom stereocenters. The Morgan fingerprint density at radius 2 is 1.11 bits per heavy atom. The maximum atomic E-state index is 2.69. The van der Waals surface area contributed by atoms with Crippen LogP contribution in [0.15, 0.2) is 127 Å². The van der Waals surface area contributed by atoms with Gasteiger partial charge in [0.05, 0.1) is 0 Å². The molecule has 2 spiro atoms. The van der Waals surface area contributed by atoms with Crippen LogP contribution >= 0.6 is 11.3 Å². The summed E-state index contributed by atoms with van der Waals surface area (Å²) >= 11 is 1.93. The molecule has 1 aromatic heterocycles. The lowest BCUT2D eigenvalue weighted by molar-refractivity contribution is 0.0618. The monoisotopic (exact) mass is 715 g/mol. The lowest BCUT2D eigenvalue weighted by Crippen LogP contribution is -2.48. The van der Waals surface area contributed by atoms with Gasteiger partial charge in [-0.25, -0.2) is 0 Å². The number of rotatable bonds is 3. The molecular formula is C52H45NS. The Bertz CT molecular complexity index is 2680. The maximum absolute atomic E-state index is 2.69. The minimum Gasteiger partial charge on any atom is -0.310 e. The Morgan fingerprint density at radius 1 is 0.463 bits per heavy atom. The van der Waals surface area contributed by atoms with Gasteiger partial charge in [-0.15, -0.1) is 11.3 Å². The number of anilines is 3. The van der Waals surface area contributed by atoms with Gasteiger partial charge in [0, 0.05) is 48.1 Å². The van der Waals surface area contributed by atoms with Crippen molar-refractivity contribution in [3.05, 3.63) is 150 Å². The summed E-state index contributed by atoms with van der Waals surface area (Å²) in [7, 11) is 0. The van der Waals surface area contributed by atoms with Crippen LogP contribution < -0.4 is 4.90 Å². The van der Waals surface area contributed by atoms with Gasteiger partial charge < -0.3 is 4.90 Å². The molecule has 5 fully saturated rings. The molecule has 6 aromatic carbocycles. The van der Waals surface area contributed by atoms with Crippen molar-refractivity contribution < 1.29 is 0 Å². The molecule has 2 heteroatoms. The number of fused-ring (bicyclic) bond motifs is 12. The summed E-state index contributed by atoms with van der Waals surface area (Å²) in [6.45, 7) is 0. The van der Waals surface area contributed by atoms with Gasteiger partial charge >= 0.3 is 0 Å². The molecule has 1 nitrogen and oxygen atoms in total. The average molecular weight is 716 g/mol. The Balaban J connectivity index is 1.04. The average Bonchev–Trinajstić information content (AvgIpc) is 3.94. The Hall–Kier alpha value is -4.66. The Morgan fingerprint density at radius 3 is 2.02 bits per heavy atom. The maximum Gasteiger partial charge on any atom is 0.0476 e. The predicted octanol–water partition coefficient (Wildman–Crippen LogP) is 14.5. The molecule has 0 N–H and O–H groups in total. The summed E-state index contributed by atoms with van der Waals surface area (Å²) in [6, 6.07) is 50.3. The van der Waals surface area contributed by atoms with E-state index >= 15 is 0 Å². The van der Waals surface area contributed by atoms with Crippen molar-refractivity contribution in [2.24, 2.45) is 23.7 Å². The SMILES string of the molecule is c1ccc2c(c1)-c1cc(N(c3ccc4c(c3)C3(c5ccccc5-4)C4CCC5CC(C4)CC3C5)c3ccc4c(c3)sc3ccccc34)ccc1C21CCCC1. The molecule has 0 amide bonds. The first-order chi connectivity index (χ1) is 26.7. The van der Waals surface area contributed by atoms with E-state index < -0.39 is 0 Å². The fourth-order valence-electron chi connectivity index (χ4n) is 13.8. The summed E-state index contributed by atoms with van der Waals surface area (Å²) < 4.78 is 2.72. The number of thiophene rings is 1. The van der Waals surface area contributed by atoms with Crippen molar-refractivity contribution in [2.45, 2.75) is 75.0 Å². The molecule has 14 rings (SSSR count). The molecule has 54 heavy (non-hydrogen) atoms. The highest BCUT2D eigenvalue weighted by molar-refractivity contribution is 7.25. The van der Waals surface area contributed by atoms with Gasteiger partial charge in [0.15, 0.2) is 0 Å². The molecule has 0 aliphatic heterocycles. The number of hydrogen-bond donors (Lipinski definition) is 0. The van der Waals surface area contributed by atoms with E-state index in [9.17, 15) is 0 Å². The van der Waals surface area contributed by atoms with Crippen LogP contribution in [0.25, 0.3) is 42.4 Å². The third-order valence-electron chi connectivity index (χ3n) is 15.7. The van der Waals surface area contributed by atoms with Crippen LogP contribution in [0.5, 0.6) is 0 Å². The van der Waals surface area contributed by atoms with Crippen LogP contribution in [0.3, 0.4) is 0 Å². The molecule has 0 saturated heterocycles. The third kappa shape index (κ3) is 3.91. The highest BCUT2D eigenvalue weighted by Gasteiger charge is 2.59. The van der Waals surface area contributed by atoms with Gasteiger partial charge in [0.25, 0.3) is 0 Å². The summed E-state index contributed by atoms with van der Waals surface area (Å²) in [5.41, 5.74) is 16.4. The summed E-state index contributed by atoms with van der Waals surface area (Å²) in [5, 5.41) is 2.72. The molecule has 0 radical (unpaired) electrons. The van der Waals surface area contributed by atoms with Crippen LogP contribution in [-0.4, -0.2) is 0 Å². The van der Waals surface area contributed by atoms with Crippen molar-refractivity contribution in [1.29, 1.82) is 0 Å². The standard InChI is InChI=1S/C52H45NS/c1-4-12-45-40(10-1)44-29-36(19-22-46(44)51(45)23-7-8-24-51)53(38-18-21-43-42-11-3-6-14-49(42)54-50(43)31-38)37-17-20-41-39-9-2-5-13-47(39)52(48(41)30-37)34-16-15-32-25-33(27-34)28-35(52)26-32/h1-6,9-14,17-22,29-35H,7-8,15-16,23-28H2. The van der Waals surface area contributed by atoms with Crippen molar-refractivity contribution in [3.63, 3.8) is 0 Å². The molecule has 5 saturated carbocycles. The molecule has 7 aliphatic rings. The van der Waals surface area contributed by atoms with Crippen LogP contribution in [0.2, 0.25) is 0 Å². The Labute approximate surface area is 322 Å². The van der Waals surface area contributed by atoms with E-state index in [1.807, 2.05) is 11.3 Å². The minimum atomic E-state index is 0.125. The van der Waals surface area contributed by atoms with E-state index in [-0.39, 0.29) is 10.8 Å². The molecule has 4 bridgehead atoms. The summed E-state index contributed by atoms with van der Waals surface area (Å²) in [5.74, 6) is 3.31. The van der Waals surface area contributed by atoms with Gasteiger partial charge in [0.1, 0.15) is 0 Å². The third-order valence-corrected chi connectivity index (χ3v) is 16.8. The second kappa shape index (κ2) is 11.0. The molecule has 264 valence electrons. The van der Waals surface area contributed by atoms with Crippen molar-refractivity contribution in [1.82, 2.24) is 0 Å². The molecular weight excluding hydrogens is 671 g/mol. The fourth-order valence-corrected chi connectivity index (χ4v) is 15.0. The van der Waals surface area contributed by atoms with Crippen LogP contribution in [0, 0.1) is 23.7 Å². The summed E-state index contributed by atoms with van der Waals surface area (Å²) in [4.78, 5) is 2.62. The van der Waals surface area contributed by atoms with Gasteiger partial charge in [-0.05, 0) is 156 Å². The largest absolute Gasteiger partial charge is 0.310 e. The first-order valence-corrected chi connectivity index (χ1v) is 21.7. The Kier molecular flexibility index (Phi) is 6.23. The smallest absolute Gasteiger partial charge is 0.0476 e. The van der Waals surface area contributed by atoms with Crippen molar-refractivity contribution >= 4 is 48.6 Å². The molecule has 5 atom stereocenters. The van der Waals surface area contributed by atoms with E-state index in [1.165, 1.54) is 124 Å². The second-order valence-electron chi connectivity index (χ2n) is 18.0. The normalized spacial score (nSPS) is 26.4. The van der Waals surface area contributed by atoms with E-state index in [2.05, 4.69) is 132 Å². The highest BCUT2D eigenvalue weighted by atomic mass is 32.1. The van der Waals surface area contributed by atoms with E-state index in [0.29, 0.717) is 0 Å². The lowest BCUT2D eigenvalue weighted by Gasteiger charge is -2.53. The van der Waals surface area contributed by atoms with Gasteiger partial charge in [-0.2, -0.15) is 0 Å². The van der Waals surface area contributed by atoms with E-state index in [4.69, 9.17) is 0 Å². The van der Waals surface area contributed by atoms with Gasteiger partial charge in [-0.1, -0.05) is 104 Å². The minimum absolute atomic E-state index is 0.125. The van der Waals surface area contributed by atoms with Crippen LogP contribution in [-0.2, 0) is 10.8 Å². The number of nitrogens with zero attached hydrogens (tertiary/aromatic N) is 1. The fraction of sp³-hybridized carbons (Fsp3) is 0.308. The van der Waals surface area contributed by atoms with E-state index in [1.54, 1.807) is 22.3 Å². The summed E-state index contributed by atoms with van der Waals surface area (Å²) in [6.07, 6.45) is 13.7. The zero-order chi connectivity index (χ0) is 35.2. The number of benzene rings is 6. The predicted molar refractivity (Wildman–Crippen MR) is 227 cm³/mol.